The highest BCUT2D eigenvalue weighted by Gasteiger charge is 2.24. The zero-order chi connectivity index (χ0) is 18.1. The lowest BCUT2D eigenvalue weighted by Gasteiger charge is -2.33. The molecule has 0 atom stereocenters. The minimum atomic E-state index is 0. The van der Waals surface area contributed by atoms with Gasteiger partial charge in [-0.3, -0.25) is 4.99 Å². The summed E-state index contributed by atoms with van der Waals surface area (Å²) in [7, 11) is 3.67. The van der Waals surface area contributed by atoms with Crippen molar-refractivity contribution in [3.8, 4) is 0 Å². The Morgan fingerprint density at radius 3 is 2.31 bits per heavy atom. The second kappa shape index (κ2) is 13.2. The van der Waals surface area contributed by atoms with Crippen molar-refractivity contribution in [2.75, 3.05) is 46.9 Å². The van der Waals surface area contributed by atoms with Crippen LogP contribution in [0.5, 0.6) is 0 Å². The Balaban J connectivity index is 0.00000338. The molecule has 2 N–H and O–H groups in total. The summed E-state index contributed by atoms with van der Waals surface area (Å²) in [4.78, 5) is 6.96. The minimum absolute atomic E-state index is 0. The number of halogens is 1. The molecule has 26 heavy (non-hydrogen) atoms. The highest BCUT2D eigenvalue weighted by molar-refractivity contribution is 14.0. The van der Waals surface area contributed by atoms with E-state index < -0.39 is 0 Å². The molecule has 1 heterocycles. The molecule has 0 radical (unpaired) electrons. The number of ether oxygens (including phenoxy) is 1. The van der Waals surface area contributed by atoms with E-state index in [9.17, 15) is 0 Å². The number of rotatable bonds is 7. The number of guanidine groups is 1. The number of hydrogen-bond donors (Lipinski definition) is 2. The van der Waals surface area contributed by atoms with Gasteiger partial charge < -0.3 is 20.3 Å². The van der Waals surface area contributed by atoms with Crippen LogP contribution in [0.2, 0.25) is 0 Å². The number of piperidine rings is 1. The van der Waals surface area contributed by atoms with Crippen molar-refractivity contribution in [1.29, 1.82) is 0 Å². The van der Waals surface area contributed by atoms with Crippen molar-refractivity contribution in [2.45, 2.75) is 58.4 Å². The summed E-state index contributed by atoms with van der Waals surface area (Å²) < 4.78 is 5.18. The van der Waals surface area contributed by atoms with Gasteiger partial charge in [-0.05, 0) is 69.4 Å². The van der Waals surface area contributed by atoms with Gasteiger partial charge in [0.15, 0.2) is 5.96 Å². The summed E-state index contributed by atoms with van der Waals surface area (Å²) in [6.07, 6.45) is 7.81. The largest absolute Gasteiger partial charge is 0.383 e. The maximum atomic E-state index is 5.18. The van der Waals surface area contributed by atoms with Crippen LogP contribution in [0.25, 0.3) is 0 Å². The highest BCUT2D eigenvalue weighted by atomic mass is 127. The van der Waals surface area contributed by atoms with Crippen molar-refractivity contribution in [3.05, 3.63) is 0 Å². The number of nitrogens with one attached hydrogen (secondary N) is 2. The lowest BCUT2D eigenvalue weighted by molar-refractivity contribution is 0.120. The van der Waals surface area contributed by atoms with E-state index in [2.05, 4.69) is 34.4 Å². The van der Waals surface area contributed by atoms with Gasteiger partial charge in [0.1, 0.15) is 0 Å². The molecule has 0 spiro atoms. The quantitative estimate of drug-likeness (QED) is 0.334. The monoisotopic (exact) mass is 480 g/mol. The fourth-order valence-electron chi connectivity index (χ4n) is 4.19. The van der Waals surface area contributed by atoms with Gasteiger partial charge in [-0.25, -0.2) is 0 Å². The third-order valence-corrected chi connectivity index (χ3v) is 6.16. The molecule has 0 unspecified atom stereocenters. The number of methoxy groups -OCH3 is 1. The van der Waals surface area contributed by atoms with Crippen LogP contribution < -0.4 is 10.6 Å². The first-order chi connectivity index (χ1) is 12.1. The molecule has 0 aromatic rings. The molecule has 0 aromatic heterocycles. The molecule has 2 rings (SSSR count). The summed E-state index contributed by atoms with van der Waals surface area (Å²) in [6, 6.07) is 0.595. The first-order valence-electron chi connectivity index (χ1n) is 10.3. The fourth-order valence-corrected chi connectivity index (χ4v) is 4.19. The Morgan fingerprint density at radius 1 is 1.12 bits per heavy atom. The average molecular weight is 480 g/mol. The van der Waals surface area contributed by atoms with E-state index in [1.54, 1.807) is 7.11 Å². The van der Waals surface area contributed by atoms with E-state index in [0.717, 1.165) is 43.4 Å². The van der Waals surface area contributed by atoms with Gasteiger partial charge in [0.2, 0.25) is 0 Å². The SMILES string of the molecule is CN=C(NCC1CCN(CCOC)CC1)NC1CCC(C(C)C)CC1.I. The van der Waals surface area contributed by atoms with Crippen LogP contribution in [0.4, 0.5) is 0 Å². The third kappa shape index (κ3) is 8.30. The first kappa shape index (κ1) is 24.0. The molecule has 1 aliphatic carbocycles. The van der Waals surface area contributed by atoms with E-state index >= 15 is 0 Å². The lowest BCUT2D eigenvalue weighted by Crippen LogP contribution is -2.47. The first-order valence-corrected chi connectivity index (χ1v) is 10.3. The van der Waals surface area contributed by atoms with Gasteiger partial charge in [0.05, 0.1) is 6.61 Å². The Labute approximate surface area is 178 Å². The Morgan fingerprint density at radius 2 is 1.77 bits per heavy atom. The fraction of sp³-hybridized carbons (Fsp3) is 0.950. The Bertz CT molecular complexity index is 389. The summed E-state index contributed by atoms with van der Waals surface area (Å²) in [6.45, 7) is 10.1. The summed E-state index contributed by atoms with van der Waals surface area (Å²) >= 11 is 0. The topological polar surface area (TPSA) is 48.9 Å². The van der Waals surface area contributed by atoms with Crippen molar-refractivity contribution >= 4 is 29.9 Å². The molecule has 2 fully saturated rings. The van der Waals surface area contributed by atoms with Crippen LogP contribution in [0.1, 0.15) is 52.4 Å². The number of nitrogens with zero attached hydrogens (tertiary/aromatic N) is 2. The number of aliphatic imine (C=N–C) groups is 1. The van der Waals surface area contributed by atoms with Crippen LogP contribution in [0.15, 0.2) is 4.99 Å². The Hall–Kier alpha value is -0.0800. The van der Waals surface area contributed by atoms with Gasteiger partial charge >= 0.3 is 0 Å². The van der Waals surface area contributed by atoms with Crippen molar-refractivity contribution < 1.29 is 4.74 Å². The minimum Gasteiger partial charge on any atom is -0.383 e. The molecule has 0 amide bonds. The molecule has 1 aliphatic heterocycles. The zero-order valence-electron chi connectivity index (χ0n) is 17.3. The summed E-state index contributed by atoms with van der Waals surface area (Å²) in [5.41, 5.74) is 0. The van der Waals surface area contributed by atoms with Gasteiger partial charge in [0.25, 0.3) is 0 Å². The van der Waals surface area contributed by atoms with Gasteiger partial charge in [-0.15, -0.1) is 24.0 Å². The van der Waals surface area contributed by atoms with Crippen LogP contribution in [-0.2, 0) is 4.74 Å². The zero-order valence-corrected chi connectivity index (χ0v) is 19.6. The van der Waals surface area contributed by atoms with Gasteiger partial charge in [-0.2, -0.15) is 0 Å². The smallest absolute Gasteiger partial charge is 0.191 e. The number of hydrogen-bond acceptors (Lipinski definition) is 3. The second-order valence-electron chi connectivity index (χ2n) is 8.23. The van der Waals surface area contributed by atoms with Crippen molar-refractivity contribution in [2.24, 2.45) is 22.7 Å². The van der Waals surface area contributed by atoms with Crippen LogP contribution in [0.3, 0.4) is 0 Å². The van der Waals surface area contributed by atoms with Crippen LogP contribution in [0, 0.1) is 17.8 Å². The van der Waals surface area contributed by atoms with Gasteiger partial charge in [0, 0.05) is 33.3 Å². The van der Waals surface area contributed by atoms with E-state index in [0.29, 0.717) is 6.04 Å². The predicted octanol–water partition coefficient (Wildman–Crippen LogP) is 3.34. The average Bonchev–Trinajstić information content (AvgIpc) is 2.64. The summed E-state index contributed by atoms with van der Waals surface area (Å²) in [5.74, 6) is 3.49. The van der Waals surface area contributed by atoms with Crippen molar-refractivity contribution in [1.82, 2.24) is 15.5 Å². The molecule has 2 aliphatic rings. The van der Waals surface area contributed by atoms with Crippen molar-refractivity contribution in [3.63, 3.8) is 0 Å². The molecule has 154 valence electrons. The maximum Gasteiger partial charge on any atom is 0.191 e. The van der Waals surface area contributed by atoms with E-state index in [1.807, 2.05) is 7.05 Å². The third-order valence-electron chi connectivity index (χ3n) is 6.16. The Kier molecular flexibility index (Phi) is 12.1. The molecule has 6 heteroatoms. The van der Waals surface area contributed by atoms with Crippen LogP contribution >= 0.6 is 24.0 Å². The molecule has 0 bridgehead atoms. The lowest BCUT2D eigenvalue weighted by atomic mass is 9.80. The highest BCUT2D eigenvalue weighted by Crippen LogP contribution is 2.29. The second-order valence-corrected chi connectivity index (χ2v) is 8.23. The normalized spacial score (nSPS) is 25.8. The standard InChI is InChI=1S/C20H40N4O.HI/c1-16(2)18-5-7-19(8-6-18)23-20(21-3)22-15-17-9-11-24(12-10-17)13-14-25-4;/h16-19H,5-15H2,1-4H3,(H2,21,22,23);1H. The van der Waals surface area contributed by atoms with Crippen LogP contribution in [-0.4, -0.2) is 63.8 Å². The molecule has 1 saturated heterocycles. The van der Waals surface area contributed by atoms with E-state index in [-0.39, 0.29) is 24.0 Å². The molecule has 0 aromatic carbocycles. The molecule has 5 nitrogen and oxygen atoms in total. The summed E-state index contributed by atoms with van der Waals surface area (Å²) in [5, 5.41) is 7.23. The molecular weight excluding hydrogens is 439 g/mol. The van der Waals surface area contributed by atoms with E-state index in [4.69, 9.17) is 4.74 Å². The van der Waals surface area contributed by atoms with Gasteiger partial charge in [-0.1, -0.05) is 13.8 Å². The number of likely N-dealkylation sites (tertiary alicyclic amines) is 1. The molecular formula is C20H41IN4O. The maximum absolute atomic E-state index is 5.18. The van der Waals surface area contributed by atoms with E-state index in [1.165, 1.54) is 51.6 Å². The predicted molar refractivity (Wildman–Crippen MR) is 122 cm³/mol. The molecule has 1 saturated carbocycles.